The Kier molecular flexibility index (Phi) is 3.98. The second-order valence-electron chi connectivity index (χ2n) is 4.48. The van der Waals surface area contributed by atoms with Gasteiger partial charge in [0.05, 0.1) is 11.6 Å². The molecule has 5 heteroatoms. The molecule has 0 radical (unpaired) electrons. The lowest BCUT2D eigenvalue weighted by Crippen LogP contribution is -2.19. The molecule has 0 spiro atoms. The maximum absolute atomic E-state index is 13.5. The van der Waals surface area contributed by atoms with Crippen LogP contribution in [0.4, 0.5) is 20.2 Å². The van der Waals surface area contributed by atoms with E-state index in [2.05, 4.69) is 5.32 Å². The van der Waals surface area contributed by atoms with Crippen LogP contribution in [0.3, 0.4) is 0 Å². The molecule has 3 nitrogen and oxygen atoms in total. The van der Waals surface area contributed by atoms with Crippen LogP contribution in [0.25, 0.3) is 0 Å². The zero-order valence-corrected chi connectivity index (χ0v) is 10.9. The molecular formula is C15H14F2N2O. The zero-order valence-electron chi connectivity index (χ0n) is 10.9. The van der Waals surface area contributed by atoms with Crippen molar-refractivity contribution in [3.05, 3.63) is 59.7 Å². The number of anilines is 2. The average Bonchev–Trinajstić information content (AvgIpc) is 2.43. The van der Waals surface area contributed by atoms with Gasteiger partial charge in [-0.3, -0.25) is 4.79 Å². The third-order valence-corrected chi connectivity index (χ3v) is 3.01. The first-order chi connectivity index (χ1) is 9.49. The van der Waals surface area contributed by atoms with E-state index in [9.17, 15) is 13.6 Å². The van der Waals surface area contributed by atoms with Gasteiger partial charge in [0.2, 0.25) is 5.91 Å². The second-order valence-corrected chi connectivity index (χ2v) is 4.48. The number of hydrogen-bond acceptors (Lipinski definition) is 2. The van der Waals surface area contributed by atoms with Gasteiger partial charge in [-0.25, -0.2) is 8.78 Å². The maximum Gasteiger partial charge on any atom is 0.231 e. The molecular weight excluding hydrogens is 262 g/mol. The first kappa shape index (κ1) is 14.0. The minimum atomic E-state index is -1.07. The molecule has 0 aliphatic carbocycles. The molecule has 0 bridgehead atoms. The molecule has 2 aromatic carbocycles. The van der Waals surface area contributed by atoms with E-state index in [1.165, 1.54) is 12.1 Å². The number of nitrogen functional groups attached to an aromatic ring is 1. The fraction of sp³-hybridized carbons (Fsp3) is 0.133. The van der Waals surface area contributed by atoms with E-state index in [4.69, 9.17) is 5.73 Å². The summed E-state index contributed by atoms with van der Waals surface area (Å²) in [6.07, 6.45) is 0. The number of nitrogens with one attached hydrogen (secondary N) is 1. The van der Waals surface area contributed by atoms with E-state index in [0.29, 0.717) is 11.3 Å². The summed E-state index contributed by atoms with van der Waals surface area (Å²) >= 11 is 0. The largest absolute Gasteiger partial charge is 0.399 e. The van der Waals surface area contributed by atoms with Gasteiger partial charge in [0.15, 0.2) is 11.6 Å². The average molecular weight is 276 g/mol. The predicted molar refractivity (Wildman–Crippen MR) is 74.3 cm³/mol. The maximum atomic E-state index is 13.5. The zero-order chi connectivity index (χ0) is 14.7. The number of hydrogen-bond donors (Lipinski definition) is 2. The smallest absolute Gasteiger partial charge is 0.231 e. The van der Waals surface area contributed by atoms with E-state index in [-0.39, 0.29) is 5.69 Å². The van der Waals surface area contributed by atoms with Crippen LogP contribution in [0.5, 0.6) is 0 Å². The summed E-state index contributed by atoms with van der Waals surface area (Å²) in [6, 6.07) is 10.5. The molecule has 0 aliphatic rings. The van der Waals surface area contributed by atoms with Gasteiger partial charge in [0.1, 0.15) is 0 Å². The number of nitrogens with two attached hydrogens (primary N) is 1. The number of amides is 1. The Morgan fingerprint density at radius 2 is 1.90 bits per heavy atom. The minimum absolute atomic E-state index is 0.175. The Labute approximate surface area is 115 Å². The quantitative estimate of drug-likeness (QED) is 0.845. The van der Waals surface area contributed by atoms with Gasteiger partial charge in [0.25, 0.3) is 0 Å². The molecule has 0 saturated heterocycles. The first-order valence-electron chi connectivity index (χ1n) is 6.09. The molecule has 2 aromatic rings. The van der Waals surface area contributed by atoms with Crippen molar-refractivity contribution in [3.8, 4) is 0 Å². The van der Waals surface area contributed by atoms with Crippen LogP contribution in [-0.4, -0.2) is 5.91 Å². The van der Waals surface area contributed by atoms with Crippen molar-refractivity contribution in [1.29, 1.82) is 0 Å². The van der Waals surface area contributed by atoms with Crippen LogP contribution < -0.4 is 11.1 Å². The van der Waals surface area contributed by atoms with E-state index in [1.54, 1.807) is 31.2 Å². The van der Waals surface area contributed by atoms with E-state index >= 15 is 0 Å². The molecule has 0 heterocycles. The Morgan fingerprint density at radius 3 is 2.60 bits per heavy atom. The normalized spacial score (nSPS) is 11.9. The van der Waals surface area contributed by atoms with Gasteiger partial charge in [-0.05, 0) is 36.8 Å². The third-order valence-electron chi connectivity index (χ3n) is 3.01. The molecule has 2 rings (SSSR count). The summed E-state index contributed by atoms with van der Waals surface area (Å²) in [7, 11) is 0. The topological polar surface area (TPSA) is 55.1 Å². The van der Waals surface area contributed by atoms with Gasteiger partial charge in [-0.2, -0.15) is 0 Å². The van der Waals surface area contributed by atoms with Crippen LogP contribution in [-0.2, 0) is 4.79 Å². The van der Waals surface area contributed by atoms with Crippen molar-refractivity contribution >= 4 is 17.3 Å². The van der Waals surface area contributed by atoms with Gasteiger partial charge in [-0.15, -0.1) is 0 Å². The predicted octanol–water partition coefficient (Wildman–Crippen LogP) is 3.29. The van der Waals surface area contributed by atoms with Gasteiger partial charge >= 0.3 is 0 Å². The van der Waals surface area contributed by atoms with Gasteiger partial charge in [0, 0.05) is 5.69 Å². The van der Waals surface area contributed by atoms with Crippen LogP contribution in [0.2, 0.25) is 0 Å². The Morgan fingerprint density at radius 1 is 1.20 bits per heavy atom. The summed E-state index contributed by atoms with van der Waals surface area (Å²) in [6.45, 7) is 1.67. The highest BCUT2D eigenvalue weighted by molar-refractivity contribution is 5.95. The highest BCUT2D eigenvalue weighted by atomic mass is 19.2. The first-order valence-corrected chi connectivity index (χ1v) is 6.09. The summed E-state index contributed by atoms with van der Waals surface area (Å²) < 4.78 is 26.5. The highest BCUT2D eigenvalue weighted by Gasteiger charge is 2.18. The second kappa shape index (κ2) is 5.69. The highest BCUT2D eigenvalue weighted by Crippen LogP contribution is 2.22. The molecule has 1 amide bonds. The number of benzene rings is 2. The monoisotopic (exact) mass is 276 g/mol. The molecule has 20 heavy (non-hydrogen) atoms. The minimum Gasteiger partial charge on any atom is -0.399 e. The van der Waals surface area contributed by atoms with Crippen molar-refractivity contribution < 1.29 is 13.6 Å². The van der Waals surface area contributed by atoms with Crippen LogP contribution in [0.15, 0.2) is 42.5 Å². The van der Waals surface area contributed by atoms with Crippen molar-refractivity contribution in [2.75, 3.05) is 11.1 Å². The lowest BCUT2D eigenvalue weighted by Gasteiger charge is -2.13. The number of carbonyl (C=O) groups is 1. The van der Waals surface area contributed by atoms with E-state index < -0.39 is 23.5 Å². The van der Waals surface area contributed by atoms with Crippen molar-refractivity contribution in [2.24, 2.45) is 0 Å². The van der Waals surface area contributed by atoms with Crippen molar-refractivity contribution in [1.82, 2.24) is 0 Å². The van der Waals surface area contributed by atoms with Crippen molar-refractivity contribution in [3.63, 3.8) is 0 Å². The van der Waals surface area contributed by atoms with Crippen LogP contribution >= 0.6 is 0 Å². The standard InChI is InChI=1S/C15H14F2N2O/c1-9(10-4-2-5-11(18)8-10)15(20)19-13-7-3-6-12(16)14(13)17/h2-9H,18H2,1H3,(H,19,20). The Bertz CT molecular complexity index is 644. The van der Waals surface area contributed by atoms with Gasteiger partial charge < -0.3 is 11.1 Å². The molecule has 0 saturated carbocycles. The molecule has 1 atom stereocenters. The molecule has 0 aliphatic heterocycles. The van der Waals surface area contributed by atoms with E-state index in [0.717, 1.165) is 6.07 Å². The lowest BCUT2D eigenvalue weighted by molar-refractivity contribution is -0.117. The Balaban J connectivity index is 2.18. The molecule has 0 fully saturated rings. The number of halogens is 2. The molecule has 1 unspecified atom stereocenters. The summed E-state index contributed by atoms with van der Waals surface area (Å²) in [5.74, 6) is -3.03. The molecule has 3 N–H and O–H groups in total. The third kappa shape index (κ3) is 2.93. The lowest BCUT2D eigenvalue weighted by atomic mass is 10.00. The SMILES string of the molecule is CC(C(=O)Nc1cccc(F)c1F)c1cccc(N)c1. The van der Waals surface area contributed by atoms with Crippen LogP contribution in [0.1, 0.15) is 18.4 Å². The van der Waals surface area contributed by atoms with E-state index in [1.807, 2.05) is 0 Å². The van der Waals surface area contributed by atoms with Crippen molar-refractivity contribution in [2.45, 2.75) is 12.8 Å². The summed E-state index contributed by atoms with van der Waals surface area (Å²) in [5.41, 5.74) is 6.73. The molecule has 0 aromatic heterocycles. The molecule has 104 valence electrons. The number of carbonyl (C=O) groups excluding carboxylic acids is 1. The fourth-order valence-corrected chi connectivity index (χ4v) is 1.82. The fourth-order valence-electron chi connectivity index (χ4n) is 1.82. The Hall–Kier alpha value is -2.43. The summed E-state index contributed by atoms with van der Waals surface area (Å²) in [5, 5.41) is 2.37. The summed E-state index contributed by atoms with van der Waals surface area (Å²) in [4.78, 5) is 12.0. The van der Waals surface area contributed by atoms with Crippen LogP contribution in [0, 0.1) is 11.6 Å². The number of rotatable bonds is 3. The van der Waals surface area contributed by atoms with Gasteiger partial charge in [-0.1, -0.05) is 18.2 Å².